The molecular formula is C29H34FIN2O4. The topological polar surface area (TPSA) is 70.1 Å². The number of nitrogens with zero attached hydrogens (tertiary/aromatic N) is 2. The van der Waals surface area contributed by atoms with Crippen LogP contribution in [0, 0.1) is 15.4 Å². The van der Waals surface area contributed by atoms with Crippen LogP contribution in [-0.4, -0.2) is 53.3 Å². The van der Waals surface area contributed by atoms with E-state index in [2.05, 4.69) is 29.2 Å². The van der Waals surface area contributed by atoms with Gasteiger partial charge in [0.25, 0.3) is 5.91 Å². The van der Waals surface area contributed by atoms with Gasteiger partial charge < -0.3 is 19.6 Å². The first-order valence-electron chi connectivity index (χ1n) is 12.6. The van der Waals surface area contributed by atoms with Crippen LogP contribution < -0.4 is 4.90 Å². The van der Waals surface area contributed by atoms with Crippen LogP contribution in [0.2, 0.25) is 0 Å². The molecule has 0 saturated carbocycles. The zero-order valence-electron chi connectivity index (χ0n) is 21.5. The fraction of sp³-hybridized carbons (Fsp3) is 0.448. The summed E-state index contributed by atoms with van der Waals surface area (Å²) in [5.74, 6) is -1.73. The molecule has 2 heterocycles. The van der Waals surface area contributed by atoms with Crippen molar-refractivity contribution in [3.63, 3.8) is 0 Å². The van der Waals surface area contributed by atoms with Crippen molar-refractivity contribution in [1.82, 2.24) is 4.90 Å². The Morgan fingerprint density at radius 2 is 2.00 bits per heavy atom. The number of benzene rings is 2. The van der Waals surface area contributed by atoms with Gasteiger partial charge in [0.15, 0.2) is 5.60 Å². The maximum atomic E-state index is 15.8. The van der Waals surface area contributed by atoms with E-state index in [1.807, 2.05) is 55.5 Å². The SMILES string of the molecule is C=CCN1C(=O)[C@@]2(O[C@@H](CC(=O)N(CCO)Cc3ccccc3)[C@H](C(C)(C)F)[C@H]2C)c2cc(I)ccc21. The fourth-order valence-electron chi connectivity index (χ4n) is 6.05. The maximum Gasteiger partial charge on any atom is 0.264 e. The predicted molar refractivity (Wildman–Crippen MR) is 150 cm³/mol. The summed E-state index contributed by atoms with van der Waals surface area (Å²) >= 11 is 2.20. The summed E-state index contributed by atoms with van der Waals surface area (Å²) in [6.07, 6.45) is 0.745. The van der Waals surface area contributed by atoms with Gasteiger partial charge in [0.2, 0.25) is 5.91 Å². The van der Waals surface area contributed by atoms with Crippen molar-refractivity contribution >= 4 is 40.1 Å². The van der Waals surface area contributed by atoms with E-state index < -0.39 is 29.2 Å². The van der Waals surface area contributed by atoms with Crippen LogP contribution in [0.25, 0.3) is 0 Å². The first-order chi connectivity index (χ1) is 17.5. The number of aliphatic hydroxyl groups is 1. The van der Waals surface area contributed by atoms with Gasteiger partial charge in [-0.25, -0.2) is 4.39 Å². The van der Waals surface area contributed by atoms with E-state index in [1.54, 1.807) is 15.9 Å². The van der Waals surface area contributed by atoms with Gasteiger partial charge >= 0.3 is 0 Å². The number of anilines is 1. The maximum absolute atomic E-state index is 15.8. The molecule has 2 aromatic rings. The number of halogens is 2. The van der Waals surface area contributed by atoms with Gasteiger partial charge in [0.1, 0.15) is 5.67 Å². The lowest BCUT2D eigenvalue weighted by molar-refractivity contribution is -0.150. The second kappa shape index (κ2) is 10.8. The van der Waals surface area contributed by atoms with E-state index in [0.717, 1.165) is 14.8 Å². The number of alkyl halides is 1. The highest BCUT2D eigenvalue weighted by molar-refractivity contribution is 14.1. The van der Waals surface area contributed by atoms with Gasteiger partial charge in [0.05, 0.1) is 24.8 Å². The molecule has 0 unspecified atom stereocenters. The summed E-state index contributed by atoms with van der Waals surface area (Å²) in [6, 6.07) is 15.3. The third kappa shape index (κ3) is 5.07. The molecule has 1 N–H and O–H groups in total. The highest BCUT2D eigenvalue weighted by atomic mass is 127. The van der Waals surface area contributed by atoms with E-state index in [0.29, 0.717) is 18.7 Å². The van der Waals surface area contributed by atoms with E-state index in [9.17, 15) is 14.7 Å². The van der Waals surface area contributed by atoms with Crippen molar-refractivity contribution in [2.75, 3.05) is 24.6 Å². The lowest BCUT2D eigenvalue weighted by Gasteiger charge is -2.32. The van der Waals surface area contributed by atoms with Crippen molar-refractivity contribution < 1.29 is 23.8 Å². The average Bonchev–Trinajstić information content (AvgIpc) is 3.26. The Hall–Kier alpha value is -2.30. The van der Waals surface area contributed by atoms with Gasteiger partial charge in [-0.15, -0.1) is 6.58 Å². The normalized spacial score (nSPS) is 25.0. The molecule has 2 amide bonds. The lowest BCUT2D eigenvalue weighted by atomic mass is 9.71. The molecule has 1 spiro atoms. The van der Waals surface area contributed by atoms with Crippen molar-refractivity contribution in [3.8, 4) is 0 Å². The van der Waals surface area contributed by atoms with Crippen LogP contribution in [0.5, 0.6) is 0 Å². The Morgan fingerprint density at radius 3 is 2.62 bits per heavy atom. The molecule has 2 aliphatic rings. The number of aliphatic hydroxyl groups excluding tert-OH is 1. The largest absolute Gasteiger partial charge is 0.395 e. The molecule has 37 heavy (non-hydrogen) atoms. The summed E-state index contributed by atoms with van der Waals surface area (Å²) < 4.78 is 23.4. The molecule has 6 nitrogen and oxygen atoms in total. The van der Waals surface area contributed by atoms with Gasteiger partial charge in [-0.2, -0.15) is 0 Å². The lowest BCUT2D eigenvalue weighted by Crippen LogP contribution is -2.45. The summed E-state index contributed by atoms with van der Waals surface area (Å²) in [6.45, 7) is 9.21. The fourth-order valence-corrected chi connectivity index (χ4v) is 6.54. The second-order valence-electron chi connectivity index (χ2n) is 10.4. The number of hydrogen-bond donors (Lipinski definition) is 1. The van der Waals surface area contributed by atoms with Gasteiger partial charge in [-0.1, -0.05) is 43.3 Å². The van der Waals surface area contributed by atoms with Crippen LogP contribution in [-0.2, 0) is 26.5 Å². The highest BCUT2D eigenvalue weighted by Gasteiger charge is 2.66. The Balaban J connectivity index is 1.70. The molecule has 0 radical (unpaired) electrons. The molecule has 1 fully saturated rings. The molecule has 198 valence electrons. The Morgan fingerprint density at radius 1 is 1.30 bits per heavy atom. The zero-order chi connectivity index (χ0) is 27.0. The number of rotatable bonds is 9. The summed E-state index contributed by atoms with van der Waals surface area (Å²) in [5.41, 5.74) is -0.730. The van der Waals surface area contributed by atoms with E-state index in [1.165, 1.54) is 13.8 Å². The molecule has 0 bridgehead atoms. The average molecular weight is 621 g/mol. The van der Waals surface area contributed by atoms with Crippen LogP contribution in [0.1, 0.15) is 38.3 Å². The smallest absolute Gasteiger partial charge is 0.264 e. The van der Waals surface area contributed by atoms with E-state index >= 15 is 4.39 Å². The summed E-state index contributed by atoms with van der Waals surface area (Å²) in [7, 11) is 0. The predicted octanol–water partition coefficient (Wildman–Crippen LogP) is 4.83. The first kappa shape index (κ1) is 27.7. The van der Waals surface area contributed by atoms with Crippen LogP contribution >= 0.6 is 22.6 Å². The number of hydrogen-bond acceptors (Lipinski definition) is 4. The zero-order valence-corrected chi connectivity index (χ0v) is 23.7. The standard InChI is InChI=1S/C29H34FIN2O4/c1-5-13-33-23-12-11-21(31)16-22(23)29(27(33)36)19(2)26(28(3,4)30)24(37-29)17-25(35)32(14-15-34)18-20-9-7-6-8-10-20/h5-12,16,19,24,26,34H,1,13-15,17-18H2,2-4H3/t19-,24+,26-,29+/m1/s1. The molecule has 4 atom stereocenters. The van der Waals surface area contributed by atoms with E-state index in [4.69, 9.17) is 4.74 Å². The molecule has 2 aromatic carbocycles. The number of amides is 2. The second-order valence-corrected chi connectivity index (χ2v) is 11.6. The Bertz CT molecular complexity index is 1170. The number of carbonyl (C=O) groups is 2. The quantitative estimate of drug-likeness (QED) is 0.322. The van der Waals surface area contributed by atoms with Crippen molar-refractivity contribution in [2.45, 2.75) is 51.1 Å². The van der Waals surface area contributed by atoms with Crippen molar-refractivity contribution in [3.05, 3.63) is 75.9 Å². The van der Waals surface area contributed by atoms with Crippen LogP contribution in [0.3, 0.4) is 0 Å². The van der Waals surface area contributed by atoms with Gasteiger partial charge in [-0.3, -0.25) is 9.59 Å². The third-order valence-electron chi connectivity index (χ3n) is 7.55. The monoisotopic (exact) mass is 620 g/mol. The molecule has 2 aliphatic heterocycles. The minimum Gasteiger partial charge on any atom is -0.395 e. The minimum absolute atomic E-state index is 0.0923. The molecule has 1 saturated heterocycles. The third-order valence-corrected chi connectivity index (χ3v) is 8.22. The van der Waals surface area contributed by atoms with Gasteiger partial charge in [0, 0.05) is 40.6 Å². The van der Waals surface area contributed by atoms with Crippen LogP contribution in [0.4, 0.5) is 10.1 Å². The Kier molecular flexibility index (Phi) is 8.11. The minimum atomic E-state index is -1.71. The summed E-state index contributed by atoms with van der Waals surface area (Å²) in [4.78, 5) is 30.7. The molecule has 8 heteroatoms. The molecule has 0 aliphatic carbocycles. The number of fused-ring (bicyclic) bond motifs is 2. The van der Waals surface area contributed by atoms with E-state index in [-0.39, 0.29) is 31.4 Å². The summed E-state index contributed by atoms with van der Waals surface area (Å²) in [5, 5.41) is 9.62. The number of carbonyl (C=O) groups excluding carboxylic acids is 2. The Labute approximate surface area is 231 Å². The highest BCUT2D eigenvalue weighted by Crippen LogP contribution is 2.58. The first-order valence-corrected chi connectivity index (χ1v) is 13.6. The molecule has 0 aromatic heterocycles. The number of ether oxygens (including phenoxy) is 1. The molecule has 4 rings (SSSR count). The molecular weight excluding hydrogens is 586 g/mol. The van der Waals surface area contributed by atoms with Crippen molar-refractivity contribution in [2.24, 2.45) is 11.8 Å². The van der Waals surface area contributed by atoms with Crippen molar-refractivity contribution in [1.29, 1.82) is 0 Å². The van der Waals surface area contributed by atoms with Crippen LogP contribution in [0.15, 0.2) is 61.2 Å². The van der Waals surface area contributed by atoms with Gasteiger partial charge in [-0.05, 0) is 60.2 Å².